The molecule has 1 N–H and O–H groups in total. The van der Waals surface area contributed by atoms with Gasteiger partial charge in [-0.3, -0.25) is 0 Å². The molecule has 19 heavy (non-hydrogen) atoms. The van der Waals surface area contributed by atoms with Gasteiger partial charge in [0.25, 0.3) is 0 Å². The van der Waals surface area contributed by atoms with Crippen LogP contribution in [0.2, 0.25) is 0 Å². The van der Waals surface area contributed by atoms with E-state index in [4.69, 9.17) is 4.74 Å². The van der Waals surface area contributed by atoms with Crippen LogP contribution in [0.15, 0.2) is 6.20 Å². The molecular formula is C14H26N4O. The highest BCUT2D eigenvalue weighted by Crippen LogP contribution is 2.11. The molecule has 0 aromatic carbocycles. The maximum atomic E-state index is 5.11. The van der Waals surface area contributed by atoms with E-state index < -0.39 is 0 Å². The predicted molar refractivity (Wildman–Crippen MR) is 78.5 cm³/mol. The normalized spacial score (nSPS) is 11.1. The summed E-state index contributed by atoms with van der Waals surface area (Å²) in [7, 11) is 1.71. The van der Waals surface area contributed by atoms with E-state index in [0.29, 0.717) is 12.6 Å². The van der Waals surface area contributed by atoms with Crippen molar-refractivity contribution in [3.63, 3.8) is 0 Å². The largest absolute Gasteiger partial charge is 0.383 e. The second-order valence-electron chi connectivity index (χ2n) is 4.89. The first-order valence-corrected chi connectivity index (χ1v) is 6.88. The standard InChI is InChI=1S/C14H26N4O/c1-6-18(7-8-19-5)14-16-10-13(12(4)17-14)9-15-11(2)3/h10-11,15H,6-9H2,1-5H3. The molecule has 0 saturated heterocycles. The second kappa shape index (κ2) is 8.07. The summed E-state index contributed by atoms with van der Waals surface area (Å²) in [5.74, 6) is 0.783. The number of nitrogens with one attached hydrogen (secondary N) is 1. The lowest BCUT2D eigenvalue weighted by atomic mass is 10.2. The van der Waals surface area contributed by atoms with Gasteiger partial charge in [-0.2, -0.15) is 0 Å². The third-order valence-corrected chi connectivity index (χ3v) is 3.00. The molecule has 5 nitrogen and oxygen atoms in total. The number of rotatable bonds is 8. The van der Waals surface area contributed by atoms with Crippen LogP contribution in [0.5, 0.6) is 0 Å². The third-order valence-electron chi connectivity index (χ3n) is 3.00. The highest BCUT2D eigenvalue weighted by atomic mass is 16.5. The summed E-state index contributed by atoms with van der Waals surface area (Å²) in [6.45, 7) is 11.6. The fraction of sp³-hybridized carbons (Fsp3) is 0.714. The first-order chi connectivity index (χ1) is 9.08. The van der Waals surface area contributed by atoms with Gasteiger partial charge in [0.2, 0.25) is 5.95 Å². The molecular weight excluding hydrogens is 240 g/mol. The molecule has 0 saturated carbocycles. The molecule has 0 aliphatic carbocycles. The number of methoxy groups -OCH3 is 1. The summed E-state index contributed by atoms with van der Waals surface area (Å²) in [6.07, 6.45) is 1.92. The van der Waals surface area contributed by atoms with E-state index in [1.165, 1.54) is 0 Å². The van der Waals surface area contributed by atoms with E-state index in [1.54, 1.807) is 7.11 Å². The van der Waals surface area contributed by atoms with Crippen molar-refractivity contribution in [1.82, 2.24) is 15.3 Å². The van der Waals surface area contributed by atoms with Gasteiger partial charge in [0.1, 0.15) is 0 Å². The molecule has 0 unspecified atom stereocenters. The third kappa shape index (κ3) is 5.12. The molecule has 0 radical (unpaired) electrons. The average Bonchev–Trinajstić information content (AvgIpc) is 2.38. The molecule has 5 heteroatoms. The van der Waals surface area contributed by atoms with Crippen LogP contribution in [0.1, 0.15) is 32.0 Å². The number of hydrogen-bond donors (Lipinski definition) is 1. The van der Waals surface area contributed by atoms with Crippen molar-refractivity contribution in [2.75, 3.05) is 31.7 Å². The van der Waals surface area contributed by atoms with Gasteiger partial charge in [-0.15, -0.1) is 0 Å². The average molecular weight is 266 g/mol. The Morgan fingerprint density at radius 2 is 2.16 bits per heavy atom. The van der Waals surface area contributed by atoms with Crippen LogP contribution in [0, 0.1) is 6.92 Å². The van der Waals surface area contributed by atoms with E-state index in [9.17, 15) is 0 Å². The fourth-order valence-electron chi connectivity index (χ4n) is 1.72. The summed E-state index contributed by atoms with van der Waals surface area (Å²) in [4.78, 5) is 11.2. The minimum Gasteiger partial charge on any atom is -0.383 e. The number of hydrogen-bond acceptors (Lipinski definition) is 5. The lowest BCUT2D eigenvalue weighted by Gasteiger charge is -2.21. The maximum Gasteiger partial charge on any atom is 0.225 e. The fourth-order valence-corrected chi connectivity index (χ4v) is 1.72. The van der Waals surface area contributed by atoms with Crippen LogP contribution in [-0.4, -0.2) is 42.8 Å². The molecule has 108 valence electrons. The minimum atomic E-state index is 0.466. The quantitative estimate of drug-likeness (QED) is 0.777. The van der Waals surface area contributed by atoms with Crippen LogP contribution in [-0.2, 0) is 11.3 Å². The Balaban J connectivity index is 2.73. The van der Waals surface area contributed by atoms with Gasteiger partial charge in [-0.1, -0.05) is 13.8 Å². The van der Waals surface area contributed by atoms with Crippen molar-refractivity contribution < 1.29 is 4.74 Å². The molecule has 0 fully saturated rings. The van der Waals surface area contributed by atoms with E-state index in [-0.39, 0.29) is 0 Å². The highest BCUT2D eigenvalue weighted by Gasteiger charge is 2.09. The molecule has 0 bridgehead atoms. The summed E-state index contributed by atoms with van der Waals surface area (Å²) in [6, 6.07) is 0.466. The number of ether oxygens (including phenoxy) is 1. The molecule has 0 aliphatic rings. The number of aryl methyl sites for hydroxylation is 1. The highest BCUT2D eigenvalue weighted by molar-refractivity contribution is 5.32. The molecule has 0 atom stereocenters. The Bertz CT molecular complexity index is 382. The van der Waals surface area contributed by atoms with E-state index in [1.807, 2.05) is 13.1 Å². The van der Waals surface area contributed by atoms with Crippen LogP contribution in [0.4, 0.5) is 5.95 Å². The maximum absolute atomic E-state index is 5.11. The van der Waals surface area contributed by atoms with Crippen molar-refractivity contribution in [2.24, 2.45) is 0 Å². The minimum absolute atomic E-state index is 0.466. The summed E-state index contributed by atoms with van der Waals surface area (Å²) in [5.41, 5.74) is 2.19. The Hall–Kier alpha value is -1.20. The molecule has 1 rings (SSSR count). The van der Waals surface area contributed by atoms with Gasteiger partial charge in [-0.05, 0) is 13.8 Å². The smallest absolute Gasteiger partial charge is 0.225 e. The summed E-state index contributed by atoms with van der Waals surface area (Å²) < 4.78 is 5.11. The molecule has 0 amide bonds. The van der Waals surface area contributed by atoms with Crippen molar-refractivity contribution in [3.8, 4) is 0 Å². The van der Waals surface area contributed by atoms with Gasteiger partial charge in [0, 0.05) is 50.2 Å². The number of anilines is 1. The van der Waals surface area contributed by atoms with Crippen LogP contribution < -0.4 is 10.2 Å². The second-order valence-corrected chi connectivity index (χ2v) is 4.89. The van der Waals surface area contributed by atoms with Crippen molar-refractivity contribution in [2.45, 2.75) is 40.3 Å². The first kappa shape index (κ1) is 15.9. The van der Waals surface area contributed by atoms with Crippen molar-refractivity contribution in [3.05, 3.63) is 17.5 Å². The molecule has 0 spiro atoms. The summed E-state index contributed by atoms with van der Waals surface area (Å²) in [5, 5.41) is 3.39. The Labute approximate surface area is 116 Å². The van der Waals surface area contributed by atoms with Gasteiger partial charge in [0.05, 0.1) is 6.61 Å². The lowest BCUT2D eigenvalue weighted by molar-refractivity contribution is 0.205. The topological polar surface area (TPSA) is 50.3 Å². The monoisotopic (exact) mass is 266 g/mol. The number of nitrogens with zero attached hydrogens (tertiary/aromatic N) is 3. The van der Waals surface area contributed by atoms with Gasteiger partial charge in [-0.25, -0.2) is 9.97 Å². The Morgan fingerprint density at radius 1 is 1.42 bits per heavy atom. The zero-order valence-electron chi connectivity index (χ0n) is 12.7. The molecule has 1 heterocycles. The van der Waals surface area contributed by atoms with E-state index in [0.717, 1.165) is 36.8 Å². The SMILES string of the molecule is CCN(CCOC)c1ncc(CNC(C)C)c(C)n1. The lowest BCUT2D eigenvalue weighted by Crippen LogP contribution is -2.29. The summed E-state index contributed by atoms with van der Waals surface area (Å²) >= 11 is 0. The molecule has 1 aromatic heterocycles. The molecule has 1 aromatic rings. The van der Waals surface area contributed by atoms with Crippen molar-refractivity contribution in [1.29, 1.82) is 0 Å². The van der Waals surface area contributed by atoms with E-state index in [2.05, 4.69) is 41.0 Å². The van der Waals surface area contributed by atoms with E-state index >= 15 is 0 Å². The number of likely N-dealkylation sites (N-methyl/N-ethyl adjacent to an activating group) is 1. The molecule has 0 aliphatic heterocycles. The Kier molecular flexibility index (Phi) is 6.73. The number of aromatic nitrogens is 2. The van der Waals surface area contributed by atoms with Gasteiger partial charge < -0.3 is 15.0 Å². The van der Waals surface area contributed by atoms with Gasteiger partial charge in [0.15, 0.2) is 0 Å². The zero-order valence-corrected chi connectivity index (χ0v) is 12.7. The van der Waals surface area contributed by atoms with Gasteiger partial charge >= 0.3 is 0 Å². The Morgan fingerprint density at radius 3 is 2.68 bits per heavy atom. The van der Waals surface area contributed by atoms with Crippen LogP contribution in [0.3, 0.4) is 0 Å². The van der Waals surface area contributed by atoms with Crippen molar-refractivity contribution >= 4 is 5.95 Å². The van der Waals surface area contributed by atoms with Crippen LogP contribution >= 0.6 is 0 Å². The predicted octanol–water partition coefficient (Wildman–Crippen LogP) is 1.76. The zero-order chi connectivity index (χ0) is 14.3. The van der Waals surface area contributed by atoms with Crippen LogP contribution in [0.25, 0.3) is 0 Å². The first-order valence-electron chi connectivity index (χ1n) is 6.88.